The molecule has 0 spiro atoms. The van der Waals surface area contributed by atoms with Crippen LogP contribution in [-0.2, 0) is 16.4 Å². The molecule has 0 aromatic heterocycles. The first kappa shape index (κ1) is 16.4. The van der Waals surface area contributed by atoms with E-state index in [4.69, 9.17) is 0 Å². The summed E-state index contributed by atoms with van der Waals surface area (Å²) in [6, 6.07) is 12.4. The van der Waals surface area contributed by atoms with Gasteiger partial charge in [0, 0.05) is 18.2 Å². The minimum absolute atomic E-state index is 0.0102. The first-order valence-electron chi connectivity index (χ1n) is 7.42. The molecule has 1 aliphatic carbocycles. The van der Waals surface area contributed by atoms with Crippen molar-refractivity contribution in [1.29, 1.82) is 0 Å². The molecule has 0 saturated carbocycles. The molecule has 1 N–H and O–H groups in total. The molecule has 3 rings (SSSR count). The molecule has 0 radical (unpaired) electrons. The van der Waals surface area contributed by atoms with E-state index < -0.39 is 14.9 Å². The van der Waals surface area contributed by atoms with Crippen molar-refractivity contribution in [3.05, 3.63) is 75.3 Å². The van der Waals surface area contributed by atoms with Crippen LogP contribution >= 0.6 is 0 Å². The van der Waals surface area contributed by atoms with Gasteiger partial charge in [-0.1, -0.05) is 30.3 Å². The van der Waals surface area contributed by atoms with Crippen LogP contribution < -0.4 is 4.72 Å². The molecule has 0 bridgehead atoms. The Hall–Kier alpha value is -2.51. The van der Waals surface area contributed by atoms with Crippen LogP contribution in [0.15, 0.2) is 59.0 Å². The summed E-state index contributed by atoms with van der Waals surface area (Å²) in [6.45, 7) is 1.79. The second kappa shape index (κ2) is 6.18. The summed E-state index contributed by atoms with van der Waals surface area (Å²) < 4.78 is 27.5. The van der Waals surface area contributed by atoms with Gasteiger partial charge in [-0.15, -0.1) is 0 Å². The zero-order chi connectivity index (χ0) is 17.3. The molecule has 2 aromatic rings. The van der Waals surface area contributed by atoms with E-state index in [0.29, 0.717) is 6.42 Å². The molecular weight excluding hydrogens is 328 g/mol. The molecule has 1 unspecified atom stereocenters. The Morgan fingerprint density at radius 3 is 2.42 bits per heavy atom. The van der Waals surface area contributed by atoms with E-state index in [1.165, 1.54) is 29.8 Å². The zero-order valence-electron chi connectivity index (χ0n) is 13.0. The number of nitrogens with one attached hydrogen (secondary N) is 1. The summed E-state index contributed by atoms with van der Waals surface area (Å²) >= 11 is 0. The van der Waals surface area contributed by atoms with E-state index in [-0.39, 0.29) is 16.6 Å². The largest absolute Gasteiger partial charge is 0.269 e. The number of nitro groups is 1. The monoisotopic (exact) mass is 344 g/mol. The van der Waals surface area contributed by atoms with E-state index in [9.17, 15) is 18.5 Å². The van der Waals surface area contributed by atoms with Crippen LogP contribution in [0.3, 0.4) is 0 Å². The standard InChI is InChI=1S/C17H16N2O4S/c1-12(15-10-13-4-2-3-5-14(13)11-15)18-24(22,23)17-8-6-16(7-9-17)19(20)21/h2-10,12,18H,11H2,1H3. The Bertz CT molecular complexity index is 918. The van der Waals surface area contributed by atoms with Gasteiger partial charge in [0.25, 0.3) is 5.69 Å². The second-order valence-electron chi connectivity index (χ2n) is 5.69. The molecule has 6 nitrogen and oxygen atoms in total. The molecule has 0 aliphatic heterocycles. The van der Waals surface area contributed by atoms with Crippen LogP contribution in [0, 0.1) is 10.1 Å². The average molecular weight is 344 g/mol. The Morgan fingerprint density at radius 2 is 1.79 bits per heavy atom. The van der Waals surface area contributed by atoms with Gasteiger partial charge in [-0.05, 0) is 42.2 Å². The Balaban J connectivity index is 1.76. The predicted octanol–water partition coefficient (Wildman–Crippen LogP) is 2.90. The minimum atomic E-state index is -3.74. The van der Waals surface area contributed by atoms with Crippen molar-refractivity contribution in [3.8, 4) is 0 Å². The summed E-state index contributed by atoms with van der Waals surface area (Å²) in [6.07, 6.45) is 2.71. The van der Waals surface area contributed by atoms with Crippen molar-refractivity contribution in [1.82, 2.24) is 4.72 Å². The first-order valence-corrected chi connectivity index (χ1v) is 8.90. The van der Waals surface area contributed by atoms with Crippen LogP contribution in [0.25, 0.3) is 6.08 Å². The third-order valence-electron chi connectivity index (χ3n) is 4.04. The minimum Gasteiger partial charge on any atom is -0.258 e. The Kier molecular flexibility index (Phi) is 4.21. The summed E-state index contributed by atoms with van der Waals surface area (Å²) in [5, 5.41) is 10.7. The third-order valence-corrected chi connectivity index (χ3v) is 5.59. The fraction of sp³-hybridized carbons (Fsp3) is 0.176. The number of non-ortho nitro benzene ring substituents is 1. The van der Waals surface area contributed by atoms with Gasteiger partial charge < -0.3 is 0 Å². The van der Waals surface area contributed by atoms with Crippen molar-refractivity contribution >= 4 is 21.8 Å². The highest BCUT2D eigenvalue weighted by atomic mass is 32.2. The van der Waals surface area contributed by atoms with Crippen molar-refractivity contribution in [2.24, 2.45) is 0 Å². The molecule has 0 amide bonds. The number of hydrogen-bond donors (Lipinski definition) is 1. The van der Waals surface area contributed by atoms with Gasteiger partial charge in [-0.25, -0.2) is 13.1 Å². The molecule has 1 aliphatic rings. The number of nitro benzene ring substituents is 1. The lowest BCUT2D eigenvalue weighted by Crippen LogP contribution is -2.34. The van der Waals surface area contributed by atoms with E-state index in [2.05, 4.69) is 4.72 Å². The quantitative estimate of drug-likeness (QED) is 0.667. The molecule has 0 fully saturated rings. The fourth-order valence-electron chi connectivity index (χ4n) is 2.71. The number of sulfonamides is 1. The van der Waals surface area contributed by atoms with Crippen LogP contribution in [0.1, 0.15) is 18.1 Å². The normalized spacial score (nSPS) is 14.8. The molecular formula is C17H16N2O4S. The number of benzene rings is 2. The van der Waals surface area contributed by atoms with Gasteiger partial charge in [0.1, 0.15) is 0 Å². The lowest BCUT2D eigenvalue weighted by Gasteiger charge is -2.15. The number of fused-ring (bicyclic) bond motifs is 1. The highest BCUT2D eigenvalue weighted by Gasteiger charge is 2.23. The molecule has 124 valence electrons. The molecule has 24 heavy (non-hydrogen) atoms. The molecule has 0 saturated heterocycles. The van der Waals surface area contributed by atoms with Gasteiger partial charge in [0.15, 0.2) is 0 Å². The van der Waals surface area contributed by atoms with Gasteiger partial charge in [0.2, 0.25) is 10.0 Å². The summed E-state index contributed by atoms with van der Waals surface area (Å²) in [7, 11) is -3.74. The maximum Gasteiger partial charge on any atom is 0.269 e. The second-order valence-corrected chi connectivity index (χ2v) is 7.40. The maximum atomic E-state index is 12.4. The highest BCUT2D eigenvalue weighted by molar-refractivity contribution is 7.89. The predicted molar refractivity (Wildman–Crippen MR) is 91.0 cm³/mol. The smallest absolute Gasteiger partial charge is 0.258 e. The van der Waals surface area contributed by atoms with Crippen LogP contribution in [0.5, 0.6) is 0 Å². The van der Waals surface area contributed by atoms with Crippen molar-refractivity contribution in [2.75, 3.05) is 0 Å². The Labute approximate surface area is 140 Å². The van der Waals surface area contributed by atoms with Crippen LogP contribution in [-0.4, -0.2) is 19.4 Å². The average Bonchev–Trinajstić information content (AvgIpc) is 2.99. The van der Waals surface area contributed by atoms with Gasteiger partial charge >= 0.3 is 0 Å². The van der Waals surface area contributed by atoms with Crippen LogP contribution in [0.2, 0.25) is 0 Å². The van der Waals surface area contributed by atoms with Crippen LogP contribution in [0.4, 0.5) is 5.69 Å². The highest BCUT2D eigenvalue weighted by Crippen LogP contribution is 2.27. The third kappa shape index (κ3) is 3.22. The Morgan fingerprint density at radius 1 is 1.12 bits per heavy atom. The number of nitrogens with zero attached hydrogens (tertiary/aromatic N) is 1. The molecule has 1 atom stereocenters. The first-order chi connectivity index (χ1) is 11.4. The van der Waals surface area contributed by atoms with E-state index in [0.717, 1.165) is 11.1 Å². The summed E-state index contributed by atoms with van der Waals surface area (Å²) in [5.74, 6) is 0. The number of hydrogen-bond acceptors (Lipinski definition) is 4. The lowest BCUT2D eigenvalue weighted by atomic mass is 10.1. The molecule has 7 heteroatoms. The van der Waals surface area contributed by atoms with E-state index in [1.54, 1.807) is 6.92 Å². The van der Waals surface area contributed by atoms with Crippen molar-refractivity contribution < 1.29 is 13.3 Å². The van der Waals surface area contributed by atoms with Crippen molar-refractivity contribution in [2.45, 2.75) is 24.3 Å². The fourth-order valence-corrected chi connectivity index (χ4v) is 3.96. The maximum absolute atomic E-state index is 12.4. The lowest BCUT2D eigenvalue weighted by molar-refractivity contribution is -0.384. The van der Waals surface area contributed by atoms with Gasteiger partial charge in [-0.3, -0.25) is 10.1 Å². The zero-order valence-corrected chi connectivity index (χ0v) is 13.8. The molecule has 0 heterocycles. The van der Waals surface area contributed by atoms with E-state index in [1.807, 2.05) is 30.3 Å². The van der Waals surface area contributed by atoms with Gasteiger partial charge in [-0.2, -0.15) is 0 Å². The summed E-state index contributed by atoms with van der Waals surface area (Å²) in [5.41, 5.74) is 3.13. The molecule has 2 aromatic carbocycles. The SMILES string of the molecule is CC(NS(=O)(=O)c1ccc([N+](=O)[O-])cc1)C1=Cc2ccccc2C1. The topological polar surface area (TPSA) is 89.3 Å². The number of rotatable bonds is 5. The van der Waals surface area contributed by atoms with Gasteiger partial charge in [0.05, 0.1) is 9.82 Å². The van der Waals surface area contributed by atoms with Crippen molar-refractivity contribution in [3.63, 3.8) is 0 Å². The van der Waals surface area contributed by atoms with E-state index >= 15 is 0 Å². The summed E-state index contributed by atoms with van der Waals surface area (Å²) in [4.78, 5) is 10.1.